The van der Waals surface area contributed by atoms with E-state index < -0.39 is 17.8 Å². The standard InChI is InChI=1S/C17H23NO5/c1-22-14-8-7-11(9-15(14)23-2)10-18-16(19)12-5-3-4-6-13(12)17(20)21/h7-9,12-13H,3-6,10H2,1-2H3,(H,18,19)(H,20,21)/t12-,13-/m0/s1. The van der Waals surface area contributed by atoms with Gasteiger partial charge in [0.05, 0.1) is 26.1 Å². The van der Waals surface area contributed by atoms with Gasteiger partial charge < -0.3 is 19.9 Å². The van der Waals surface area contributed by atoms with Gasteiger partial charge in [0.15, 0.2) is 11.5 Å². The van der Waals surface area contributed by atoms with Gasteiger partial charge in [0.25, 0.3) is 0 Å². The Morgan fingerprint density at radius 2 is 1.78 bits per heavy atom. The molecule has 126 valence electrons. The molecule has 1 saturated carbocycles. The van der Waals surface area contributed by atoms with E-state index in [0.29, 0.717) is 30.9 Å². The van der Waals surface area contributed by atoms with Crippen LogP contribution in [0.25, 0.3) is 0 Å². The number of carboxylic acids is 1. The molecule has 23 heavy (non-hydrogen) atoms. The SMILES string of the molecule is COc1ccc(CNC(=O)[C@H]2CCCC[C@@H]2C(=O)O)cc1OC. The first-order valence-corrected chi connectivity index (χ1v) is 7.78. The number of benzene rings is 1. The van der Waals surface area contributed by atoms with Gasteiger partial charge in [-0.25, -0.2) is 0 Å². The number of ether oxygens (including phenoxy) is 2. The Balaban J connectivity index is 1.99. The molecule has 0 bridgehead atoms. The van der Waals surface area contributed by atoms with Crippen molar-refractivity contribution in [1.82, 2.24) is 5.32 Å². The van der Waals surface area contributed by atoms with Crippen LogP contribution in [0.1, 0.15) is 31.2 Å². The predicted octanol–water partition coefficient (Wildman–Crippen LogP) is 2.21. The van der Waals surface area contributed by atoms with E-state index in [1.807, 2.05) is 6.07 Å². The summed E-state index contributed by atoms with van der Waals surface area (Å²) in [6.45, 7) is 0.335. The maximum Gasteiger partial charge on any atom is 0.307 e. The van der Waals surface area contributed by atoms with Crippen LogP contribution in [0.4, 0.5) is 0 Å². The highest BCUT2D eigenvalue weighted by Gasteiger charge is 2.35. The van der Waals surface area contributed by atoms with Gasteiger partial charge in [-0.2, -0.15) is 0 Å². The Kier molecular flexibility index (Phi) is 5.84. The summed E-state index contributed by atoms with van der Waals surface area (Å²) in [5.74, 6) is -0.862. The van der Waals surface area contributed by atoms with Gasteiger partial charge in [0.1, 0.15) is 0 Å². The molecule has 6 heteroatoms. The topological polar surface area (TPSA) is 84.9 Å². The van der Waals surface area contributed by atoms with Crippen molar-refractivity contribution < 1.29 is 24.2 Å². The Morgan fingerprint density at radius 3 is 2.39 bits per heavy atom. The van der Waals surface area contributed by atoms with Crippen LogP contribution in [-0.2, 0) is 16.1 Å². The minimum Gasteiger partial charge on any atom is -0.493 e. The van der Waals surface area contributed by atoms with E-state index in [2.05, 4.69) is 5.32 Å². The molecule has 1 aliphatic carbocycles. The highest BCUT2D eigenvalue weighted by molar-refractivity contribution is 5.84. The fourth-order valence-corrected chi connectivity index (χ4v) is 3.05. The highest BCUT2D eigenvalue weighted by atomic mass is 16.5. The molecule has 0 aliphatic heterocycles. The van der Waals surface area contributed by atoms with E-state index in [1.54, 1.807) is 26.4 Å². The normalized spacial score (nSPS) is 20.6. The third-order valence-electron chi connectivity index (χ3n) is 4.33. The van der Waals surface area contributed by atoms with Gasteiger partial charge >= 0.3 is 5.97 Å². The first-order valence-electron chi connectivity index (χ1n) is 7.78. The van der Waals surface area contributed by atoms with Crippen LogP contribution in [0, 0.1) is 11.8 Å². The van der Waals surface area contributed by atoms with Crippen molar-refractivity contribution in [2.24, 2.45) is 11.8 Å². The second kappa shape index (κ2) is 7.85. The van der Waals surface area contributed by atoms with E-state index in [0.717, 1.165) is 18.4 Å². The monoisotopic (exact) mass is 321 g/mol. The Bertz CT molecular complexity index is 572. The van der Waals surface area contributed by atoms with Gasteiger partial charge in [0, 0.05) is 6.54 Å². The van der Waals surface area contributed by atoms with Crippen molar-refractivity contribution in [3.63, 3.8) is 0 Å². The average Bonchev–Trinajstić information content (AvgIpc) is 2.59. The van der Waals surface area contributed by atoms with Crippen molar-refractivity contribution in [1.29, 1.82) is 0 Å². The fraction of sp³-hybridized carbons (Fsp3) is 0.529. The Labute approximate surface area is 135 Å². The van der Waals surface area contributed by atoms with Crippen LogP contribution >= 0.6 is 0 Å². The average molecular weight is 321 g/mol. The van der Waals surface area contributed by atoms with Crippen molar-refractivity contribution in [2.45, 2.75) is 32.2 Å². The van der Waals surface area contributed by atoms with Gasteiger partial charge in [0.2, 0.25) is 5.91 Å². The molecule has 2 atom stereocenters. The summed E-state index contributed by atoms with van der Waals surface area (Å²) >= 11 is 0. The molecule has 1 amide bonds. The molecule has 1 aromatic rings. The molecule has 2 N–H and O–H groups in total. The summed E-state index contributed by atoms with van der Waals surface area (Å²) in [6.07, 6.45) is 2.98. The van der Waals surface area contributed by atoms with E-state index in [9.17, 15) is 14.7 Å². The van der Waals surface area contributed by atoms with Crippen LogP contribution < -0.4 is 14.8 Å². The van der Waals surface area contributed by atoms with Crippen molar-refractivity contribution in [2.75, 3.05) is 14.2 Å². The lowest BCUT2D eigenvalue weighted by Gasteiger charge is -2.27. The number of rotatable bonds is 6. The van der Waals surface area contributed by atoms with Crippen molar-refractivity contribution >= 4 is 11.9 Å². The molecule has 1 aromatic carbocycles. The number of carbonyl (C=O) groups excluding carboxylic acids is 1. The number of aliphatic carboxylic acids is 1. The van der Waals surface area contributed by atoms with E-state index in [1.165, 1.54) is 0 Å². The lowest BCUT2D eigenvalue weighted by atomic mass is 9.78. The Hall–Kier alpha value is -2.24. The zero-order valence-electron chi connectivity index (χ0n) is 13.5. The minimum absolute atomic E-state index is 0.188. The van der Waals surface area contributed by atoms with Crippen LogP contribution in [-0.4, -0.2) is 31.2 Å². The molecule has 0 unspecified atom stereocenters. The summed E-state index contributed by atoms with van der Waals surface area (Å²) in [7, 11) is 3.12. The second-order valence-corrected chi connectivity index (χ2v) is 5.74. The third kappa shape index (κ3) is 4.15. The summed E-state index contributed by atoms with van der Waals surface area (Å²) in [6, 6.07) is 5.42. The van der Waals surface area contributed by atoms with Crippen molar-refractivity contribution in [3.05, 3.63) is 23.8 Å². The van der Waals surface area contributed by atoms with Gasteiger partial charge in [-0.3, -0.25) is 9.59 Å². The molecule has 1 fully saturated rings. The Morgan fingerprint density at radius 1 is 1.13 bits per heavy atom. The van der Waals surface area contributed by atoms with Crippen LogP contribution in [0.15, 0.2) is 18.2 Å². The first-order chi connectivity index (χ1) is 11.1. The van der Waals surface area contributed by atoms with Crippen LogP contribution in [0.5, 0.6) is 11.5 Å². The number of carboxylic acid groups (broad SMARTS) is 1. The summed E-state index contributed by atoms with van der Waals surface area (Å²) < 4.78 is 10.4. The van der Waals surface area contributed by atoms with Crippen LogP contribution in [0.3, 0.4) is 0 Å². The third-order valence-corrected chi connectivity index (χ3v) is 4.33. The summed E-state index contributed by atoms with van der Waals surface area (Å²) in [4.78, 5) is 23.6. The molecular formula is C17H23NO5. The number of amides is 1. The molecule has 0 heterocycles. The number of hydrogen-bond acceptors (Lipinski definition) is 4. The molecule has 0 spiro atoms. The number of hydrogen-bond donors (Lipinski definition) is 2. The van der Waals surface area contributed by atoms with Gasteiger partial charge in [-0.05, 0) is 30.5 Å². The zero-order valence-corrected chi connectivity index (χ0v) is 13.5. The summed E-state index contributed by atoms with van der Waals surface area (Å²) in [5, 5.41) is 12.1. The molecular weight excluding hydrogens is 298 g/mol. The molecule has 2 rings (SSSR count). The summed E-state index contributed by atoms with van der Waals surface area (Å²) in [5.41, 5.74) is 0.874. The van der Waals surface area contributed by atoms with Crippen LogP contribution in [0.2, 0.25) is 0 Å². The zero-order chi connectivity index (χ0) is 16.8. The van der Waals surface area contributed by atoms with Crippen molar-refractivity contribution in [3.8, 4) is 11.5 Å². The highest BCUT2D eigenvalue weighted by Crippen LogP contribution is 2.31. The largest absolute Gasteiger partial charge is 0.493 e. The van der Waals surface area contributed by atoms with Gasteiger partial charge in [-0.1, -0.05) is 18.9 Å². The quantitative estimate of drug-likeness (QED) is 0.839. The first kappa shape index (κ1) is 17.1. The lowest BCUT2D eigenvalue weighted by Crippen LogP contribution is -2.39. The fourth-order valence-electron chi connectivity index (χ4n) is 3.05. The molecule has 6 nitrogen and oxygen atoms in total. The lowest BCUT2D eigenvalue weighted by molar-refractivity contribution is -0.148. The predicted molar refractivity (Wildman–Crippen MR) is 84.5 cm³/mol. The molecule has 0 aromatic heterocycles. The maximum atomic E-state index is 12.3. The smallest absolute Gasteiger partial charge is 0.307 e. The van der Waals surface area contributed by atoms with E-state index in [4.69, 9.17) is 9.47 Å². The number of nitrogens with one attached hydrogen (secondary N) is 1. The van der Waals surface area contributed by atoms with E-state index in [-0.39, 0.29) is 5.91 Å². The second-order valence-electron chi connectivity index (χ2n) is 5.74. The number of methoxy groups -OCH3 is 2. The maximum absolute atomic E-state index is 12.3. The molecule has 0 saturated heterocycles. The number of carbonyl (C=O) groups is 2. The van der Waals surface area contributed by atoms with E-state index >= 15 is 0 Å². The van der Waals surface area contributed by atoms with Gasteiger partial charge in [-0.15, -0.1) is 0 Å². The molecule has 0 radical (unpaired) electrons. The minimum atomic E-state index is -0.879. The molecule has 1 aliphatic rings.